The van der Waals surface area contributed by atoms with E-state index in [9.17, 15) is 0 Å². The van der Waals surface area contributed by atoms with Gasteiger partial charge in [0, 0.05) is 22.4 Å². The minimum atomic E-state index is -0.685. The van der Waals surface area contributed by atoms with Crippen molar-refractivity contribution in [3.05, 3.63) is 256 Å². The van der Waals surface area contributed by atoms with E-state index in [0.29, 0.717) is 0 Å². The van der Waals surface area contributed by atoms with Gasteiger partial charge in [0.1, 0.15) is 0 Å². The first kappa shape index (κ1) is 47.8. The molecule has 1 saturated carbocycles. The molecule has 0 amide bonds. The Kier molecular flexibility index (Phi) is 11.4. The molecule has 0 radical (unpaired) electrons. The SMILES string of the molecule is CC(C)(C)c1cc(-c2ccc(C(C)(C)C)c3c2C(c2ccccc2)(c2ccccc2)c2cc(N(c4ccc5c(c4)C4(CCCCC4)c4ccccc4-5)c4ccccc4-c4ccccc4)ccc2-3)cc(C(C)(C)C)c1. The van der Waals surface area contributed by atoms with E-state index < -0.39 is 5.41 Å². The standard InChI is InChI=1S/C73H71N/c1-69(2,3)53-44-50(45-54(46-53)70(4,5)6)58-40-41-63(71(7,8)9)67-61-39-37-56(48-65(61)73(68(58)67,51-28-16-11-17-29-51)52-30-18-12-19-31-52)74(66-35-23-21-32-57(66)49-26-14-10-15-27-49)55-36-38-60-59-33-20-22-34-62(59)72(64(60)47-55)42-24-13-25-43-72/h10-12,14-23,26-41,44-48H,13,24-25,42-43H2,1-9H3. The summed E-state index contributed by atoms with van der Waals surface area (Å²) in [5.41, 5.74) is 25.3. The zero-order valence-electron chi connectivity index (χ0n) is 45.1. The van der Waals surface area contributed by atoms with Crippen molar-refractivity contribution < 1.29 is 0 Å². The zero-order valence-corrected chi connectivity index (χ0v) is 45.1. The van der Waals surface area contributed by atoms with E-state index >= 15 is 0 Å². The van der Waals surface area contributed by atoms with Crippen LogP contribution in [0.15, 0.2) is 206 Å². The van der Waals surface area contributed by atoms with Crippen LogP contribution in [0.25, 0.3) is 44.5 Å². The molecule has 74 heavy (non-hydrogen) atoms. The topological polar surface area (TPSA) is 3.24 Å². The van der Waals surface area contributed by atoms with E-state index in [1.54, 1.807) is 0 Å². The Hall–Kier alpha value is -7.22. The first-order valence-corrected chi connectivity index (χ1v) is 27.4. The molecule has 0 N–H and O–H groups in total. The van der Waals surface area contributed by atoms with Gasteiger partial charge in [-0.2, -0.15) is 0 Å². The maximum atomic E-state index is 2.60. The summed E-state index contributed by atoms with van der Waals surface area (Å²) in [6.07, 6.45) is 6.17. The summed E-state index contributed by atoms with van der Waals surface area (Å²) in [4.78, 5) is 2.60. The first-order chi connectivity index (χ1) is 35.6. The van der Waals surface area contributed by atoms with Crippen molar-refractivity contribution in [2.75, 3.05) is 4.90 Å². The number of rotatable bonds is 7. The molecule has 368 valence electrons. The fraction of sp³-hybridized carbons (Fsp3) is 0.260. The van der Waals surface area contributed by atoms with Crippen LogP contribution >= 0.6 is 0 Å². The van der Waals surface area contributed by atoms with Gasteiger partial charge in [0.25, 0.3) is 0 Å². The van der Waals surface area contributed by atoms with Crippen LogP contribution in [-0.2, 0) is 27.1 Å². The van der Waals surface area contributed by atoms with Gasteiger partial charge < -0.3 is 4.90 Å². The molecular weight excluding hydrogens is 891 g/mol. The summed E-state index contributed by atoms with van der Waals surface area (Å²) in [7, 11) is 0. The van der Waals surface area contributed by atoms with Gasteiger partial charge in [-0.3, -0.25) is 0 Å². The lowest BCUT2D eigenvalue weighted by atomic mass is 9.65. The van der Waals surface area contributed by atoms with Crippen LogP contribution in [-0.4, -0.2) is 0 Å². The lowest BCUT2D eigenvalue weighted by molar-refractivity contribution is 0.353. The Morgan fingerprint density at radius 2 is 0.865 bits per heavy atom. The van der Waals surface area contributed by atoms with Crippen LogP contribution in [0.4, 0.5) is 17.1 Å². The Morgan fingerprint density at radius 3 is 1.46 bits per heavy atom. The molecule has 1 spiro atoms. The van der Waals surface area contributed by atoms with Crippen LogP contribution in [0.2, 0.25) is 0 Å². The highest BCUT2D eigenvalue weighted by molar-refractivity contribution is 5.98. The number of hydrogen-bond acceptors (Lipinski definition) is 1. The van der Waals surface area contributed by atoms with Gasteiger partial charge in [0.2, 0.25) is 0 Å². The third-order valence-electron chi connectivity index (χ3n) is 17.2. The molecule has 3 aliphatic carbocycles. The molecule has 0 aliphatic heterocycles. The van der Waals surface area contributed by atoms with Crippen molar-refractivity contribution in [2.24, 2.45) is 0 Å². The van der Waals surface area contributed by atoms with Gasteiger partial charge >= 0.3 is 0 Å². The molecule has 3 aliphatic rings. The predicted molar refractivity (Wildman–Crippen MR) is 315 cm³/mol. The summed E-state index contributed by atoms with van der Waals surface area (Å²) in [5, 5.41) is 0. The van der Waals surface area contributed by atoms with Crippen LogP contribution in [0.5, 0.6) is 0 Å². The van der Waals surface area contributed by atoms with Gasteiger partial charge in [-0.1, -0.05) is 258 Å². The molecule has 0 saturated heterocycles. The van der Waals surface area contributed by atoms with E-state index in [4.69, 9.17) is 0 Å². The van der Waals surface area contributed by atoms with Gasteiger partial charge in [-0.05, 0) is 148 Å². The Balaban J connectivity index is 1.19. The summed E-state index contributed by atoms with van der Waals surface area (Å²) < 4.78 is 0. The average Bonchev–Trinajstić information content (AvgIpc) is 3.90. The Labute approximate surface area is 442 Å². The smallest absolute Gasteiger partial charge is 0.0720 e. The summed E-state index contributed by atoms with van der Waals surface area (Å²) in [5.74, 6) is 0. The number of nitrogens with zero attached hydrogens (tertiary/aromatic N) is 1. The predicted octanol–water partition coefficient (Wildman–Crippen LogP) is 20.0. The zero-order chi connectivity index (χ0) is 51.2. The fourth-order valence-corrected chi connectivity index (χ4v) is 13.5. The van der Waals surface area contributed by atoms with E-state index in [-0.39, 0.29) is 21.7 Å². The van der Waals surface area contributed by atoms with Gasteiger partial charge in [-0.15, -0.1) is 0 Å². The monoisotopic (exact) mass is 962 g/mol. The lowest BCUT2D eigenvalue weighted by Crippen LogP contribution is -2.30. The van der Waals surface area contributed by atoms with Crippen LogP contribution in [0, 0.1) is 0 Å². The van der Waals surface area contributed by atoms with Crippen LogP contribution in [0.1, 0.15) is 144 Å². The molecule has 1 nitrogen and oxygen atoms in total. The molecule has 1 fully saturated rings. The highest BCUT2D eigenvalue weighted by Crippen LogP contribution is 2.63. The minimum absolute atomic E-state index is 0.0110. The Bertz CT molecular complexity index is 3500. The Morgan fingerprint density at radius 1 is 0.365 bits per heavy atom. The van der Waals surface area contributed by atoms with Crippen molar-refractivity contribution in [3.63, 3.8) is 0 Å². The molecule has 0 bridgehead atoms. The van der Waals surface area contributed by atoms with Crippen molar-refractivity contribution in [1.29, 1.82) is 0 Å². The number of benzene rings is 9. The molecular formula is C73H71N. The number of para-hydroxylation sites is 1. The first-order valence-electron chi connectivity index (χ1n) is 27.4. The van der Waals surface area contributed by atoms with Gasteiger partial charge in [0.15, 0.2) is 0 Å². The largest absolute Gasteiger partial charge is 0.310 e. The van der Waals surface area contributed by atoms with Crippen molar-refractivity contribution in [2.45, 2.75) is 121 Å². The van der Waals surface area contributed by atoms with Crippen LogP contribution in [0.3, 0.4) is 0 Å². The normalized spacial score (nSPS) is 15.3. The number of anilines is 3. The molecule has 0 atom stereocenters. The van der Waals surface area contributed by atoms with Gasteiger partial charge in [0.05, 0.1) is 11.1 Å². The molecule has 9 aromatic carbocycles. The molecule has 12 rings (SSSR count). The molecule has 9 aromatic rings. The van der Waals surface area contributed by atoms with Gasteiger partial charge in [-0.25, -0.2) is 0 Å². The second-order valence-electron chi connectivity index (χ2n) is 24.8. The van der Waals surface area contributed by atoms with Crippen molar-refractivity contribution >= 4 is 17.1 Å². The van der Waals surface area contributed by atoms with E-state index in [1.807, 2.05) is 0 Å². The van der Waals surface area contributed by atoms with Crippen molar-refractivity contribution in [1.82, 2.24) is 0 Å². The van der Waals surface area contributed by atoms with E-state index in [0.717, 1.165) is 11.4 Å². The maximum absolute atomic E-state index is 2.60. The summed E-state index contributed by atoms with van der Waals surface area (Å²) in [6, 6.07) is 79.7. The summed E-state index contributed by atoms with van der Waals surface area (Å²) in [6.45, 7) is 21.3. The highest BCUT2D eigenvalue weighted by Gasteiger charge is 2.50. The lowest BCUT2D eigenvalue weighted by Gasteiger charge is -2.37. The van der Waals surface area contributed by atoms with Crippen LogP contribution < -0.4 is 4.90 Å². The minimum Gasteiger partial charge on any atom is -0.310 e. The molecule has 0 aromatic heterocycles. The second kappa shape index (κ2) is 17.7. The van der Waals surface area contributed by atoms with Crippen molar-refractivity contribution in [3.8, 4) is 44.5 Å². The molecule has 0 heterocycles. The third-order valence-corrected chi connectivity index (χ3v) is 17.2. The average molecular weight is 962 g/mol. The summed E-state index contributed by atoms with van der Waals surface area (Å²) >= 11 is 0. The maximum Gasteiger partial charge on any atom is 0.0720 e. The molecule has 1 heteroatoms. The van der Waals surface area contributed by atoms with E-state index in [1.165, 1.54) is 132 Å². The number of hydrogen-bond donors (Lipinski definition) is 0. The highest BCUT2D eigenvalue weighted by atomic mass is 15.1. The fourth-order valence-electron chi connectivity index (χ4n) is 13.5. The van der Waals surface area contributed by atoms with E-state index in [2.05, 4.69) is 273 Å². The second-order valence-corrected chi connectivity index (χ2v) is 24.8. The third kappa shape index (κ3) is 7.64. The number of fused-ring (bicyclic) bond motifs is 8. The molecule has 0 unspecified atom stereocenters. The quantitative estimate of drug-likeness (QED) is 0.154.